The minimum absolute atomic E-state index is 0.208. The number of rotatable bonds is 3. The monoisotopic (exact) mass is 337 g/mol. The van der Waals surface area contributed by atoms with Crippen LogP contribution in [0.25, 0.3) is 0 Å². The van der Waals surface area contributed by atoms with Crippen molar-refractivity contribution in [3.8, 4) is 0 Å². The lowest BCUT2D eigenvalue weighted by Crippen LogP contribution is -2.51. The van der Waals surface area contributed by atoms with Crippen LogP contribution in [0.3, 0.4) is 0 Å². The van der Waals surface area contributed by atoms with Crippen molar-refractivity contribution < 1.29 is 4.79 Å². The molecule has 1 aromatic heterocycles. The second-order valence-corrected chi connectivity index (χ2v) is 6.60. The highest BCUT2D eigenvalue weighted by molar-refractivity contribution is 5.96. The van der Waals surface area contributed by atoms with Gasteiger partial charge in [-0.15, -0.1) is 0 Å². The molecule has 0 atom stereocenters. The van der Waals surface area contributed by atoms with Gasteiger partial charge in [0.1, 0.15) is 5.82 Å². The summed E-state index contributed by atoms with van der Waals surface area (Å²) in [7, 11) is 0. The topological polar surface area (TPSA) is 52.6 Å². The molecule has 0 saturated carbocycles. The number of amides is 1. The Morgan fingerprint density at radius 3 is 2.68 bits per heavy atom. The number of carbonyl (C=O) groups is 1. The van der Waals surface area contributed by atoms with Gasteiger partial charge in [0.05, 0.1) is 12.7 Å². The Hall–Kier alpha value is -2.47. The number of carbonyl (C=O) groups excluding carboxylic acids is 1. The molecule has 2 aromatic rings. The maximum Gasteiger partial charge on any atom is 0.241 e. The standard InChI is InChI=1S/C19H23N5O/c25-19(24-9-3-5-16-4-1-2-6-17(16)24)15-22-10-12-23(13-11-22)18-14-20-7-8-21-18/h1-2,4,6-8,14H,3,5,9-13,15H2. The van der Waals surface area contributed by atoms with Gasteiger partial charge in [0.15, 0.2) is 0 Å². The molecule has 1 amide bonds. The molecular weight excluding hydrogens is 314 g/mol. The first-order valence-electron chi connectivity index (χ1n) is 8.93. The predicted molar refractivity (Wildman–Crippen MR) is 97.8 cm³/mol. The third-order valence-corrected chi connectivity index (χ3v) is 5.02. The van der Waals surface area contributed by atoms with Crippen LogP contribution in [0, 0.1) is 0 Å². The Labute approximate surface area is 148 Å². The maximum atomic E-state index is 12.8. The van der Waals surface area contributed by atoms with Gasteiger partial charge in [0, 0.05) is 50.8 Å². The van der Waals surface area contributed by atoms with Crippen molar-refractivity contribution in [3.05, 3.63) is 48.4 Å². The van der Waals surface area contributed by atoms with E-state index in [0.717, 1.165) is 57.1 Å². The van der Waals surface area contributed by atoms with Gasteiger partial charge in [-0.05, 0) is 24.5 Å². The summed E-state index contributed by atoms with van der Waals surface area (Å²) in [5.74, 6) is 1.12. The summed E-state index contributed by atoms with van der Waals surface area (Å²) >= 11 is 0. The minimum atomic E-state index is 0.208. The van der Waals surface area contributed by atoms with E-state index < -0.39 is 0 Å². The van der Waals surface area contributed by atoms with E-state index in [2.05, 4.69) is 38.0 Å². The quantitative estimate of drug-likeness (QED) is 0.851. The highest BCUT2D eigenvalue weighted by Crippen LogP contribution is 2.26. The number of hydrogen-bond acceptors (Lipinski definition) is 5. The highest BCUT2D eigenvalue weighted by atomic mass is 16.2. The molecule has 1 aromatic carbocycles. The van der Waals surface area contributed by atoms with E-state index in [-0.39, 0.29) is 5.91 Å². The molecule has 25 heavy (non-hydrogen) atoms. The van der Waals surface area contributed by atoms with E-state index in [1.54, 1.807) is 18.6 Å². The summed E-state index contributed by atoms with van der Waals surface area (Å²) in [6, 6.07) is 8.27. The average molecular weight is 337 g/mol. The normalized spacial score (nSPS) is 18.1. The van der Waals surface area contributed by atoms with Crippen molar-refractivity contribution in [2.45, 2.75) is 12.8 Å². The maximum absolute atomic E-state index is 12.8. The average Bonchev–Trinajstić information content (AvgIpc) is 2.69. The fourth-order valence-electron chi connectivity index (χ4n) is 3.66. The van der Waals surface area contributed by atoms with Crippen molar-refractivity contribution in [1.29, 1.82) is 0 Å². The highest BCUT2D eigenvalue weighted by Gasteiger charge is 2.25. The molecule has 0 unspecified atom stereocenters. The lowest BCUT2D eigenvalue weighted by Gasteiger charge is -2.36. The third kappa shape index (κ3) is 3.49. The number of anilines is 2. The SMILES string of the molecule is O=C(CN1CCN(c2cnccn2)CC1)N1CCCc2ccccc21. The Kier molecular flexibility index (Phi) is 4.61. The molecule has 130 valence electrons. The molecule has 2 aliphatic heterocycles. The molecule has 0 radical (unpaired) electrons. The molecule has 0 spiro atoms. The fraction of sp³-hybridized carbons (Fsp3) is 0.421. The molecule has 3 heterocycles. The number of fused-ring (bicyclic) bond motifs is 1. The van der Waals surface area contributed by atoms with Crippen LogP contribution in [-0.4, -0.2) is 60.0 Å². The Morgan fingerprint density at radius 1 is 1.04 bits per heavy atom. The van der Waals surface area contributed by atoms with Crippen molar-refractivity contribution in [2.24, 2.45) is 0 Å². The smallest absolute Gasteiger partial charge is 0.241 e. The number of para-hydroxylation sites is 1. The van der Waals surface area contributed by atoms with Crippen LogP contribution >= 0.6 is 0 Å². The van der Waals surface area contributed by atoms with Crippen LogP contribution in [-0.2, 0) is 11.2 Å². The third-order valence-electron chi connectivity index (χ3n) is 5.02. The van der Waals surface area contributed by atoms with E-state index >= 15 is 0 Å². The van der Waals surface area contributed by atoms with Crippen molar-refractivity contribution in [2.75, 3.05) is 49.1 Å². The fourth-order valence-corrected chi connectivity index (χ4v) is 3.66. The zero-order chi connectivity index (χ0) is 17.1. The number of aromatic nitrogens is 2. The predicted octanol–water partition coefficient (Wildman–Crippen LogP) is 1.58. The number of piperazine rings is 1. The van der Waals surface area contributed by atoms with E-state index in [1.165, 1.54) is 5.56 Å². The van der Waals surface area contributed by atoms with E-state index in [0.29, 0.717) is 6.54 Å². The van der Waals surface area contributed by atoms with Gasteiger partial charge in [-0.3, -0.25) is 14.7 Å². The molecular formula is C19H23N5O. The largest absolute Gasteiger partial charge is 0.353 e. The minimum Gasteiger partial charge on any atom is -0.353 e. The van der Waals surface area contributed by atoms with E-state index in [9.17, 15) is 4.79 Å². The molecule has 4 rings (SSSR count). The van der Waals surface area contributed by atoms with Crippen LogP contribution in [0.1, 0.15) is 12.0 Å². The van der Waals surface area contributed by atoms with Crippen LogP contribution in [0.4, 0.5) is 11.5 Å². The van der Waals surface area contributed by atoms with Gasteiger partial charge in [-0.25, -0.2) is 4.98 Å². The van der Waals surface area contributed by atoms with Crippen LogP contribution in [0.5, 0.6) is 0 Å². The second kappa shape index (κ2) is 7.19. The number of aryl methyl sites for hydroxylation is 1. The van der Waals surface area contributed by atoms with Gasteiger partial charge in [-0.2, -0.15) is 0 Å². The van der Waals surface area contributed by atoms with Gasteiger partial charge in [0.25, 0.3) is 0 Å². The first-order chi connectivity index (χ1) is 12.3. The Balaban J connectivity index is 1.35. The van der Waals surface area contributed by atoms with Crippen molar-refractivity contribution in [1.82, 2.24) is 14.9 Å². The van der Waals surface area contributed by atoms with Crippen molar-refractivity contribution >= 4 is 17.4 Å². The molecule has 1 fully saturated rings. The summed E-state index contributed by atoms with van der Waals surface area (Å²) in [5.41, 5.74) is 2.38. The lowest BCUT2D eigenvalue weighted by molar-refractivity contribution is -0.119. The summed E-state index contributed by atoms with van der Waals surface area (Å²) in [6.07, 6.45) is 7.32. The zero-order valence-corrected chi connectivity index (χ0v) is 14.3. The van der Waals surface area contributed by atoms with Gasteiger partial charge in [0.2, 0.25) is 5.91 Å². The Bertz CT molecular complexity index is 728. The molecule has 1 saturated heterocycles. The summed E-state index contributed by atoms with van der Waals surface area (Å²) in [4.78, 5) is 27.8. The molecule has 6 nitrogen and oxygen atoms in total. The van der Waals surface area contributed by atoms with Crippen LogP contribution < -0.4 is 9.80 Å². The molecule has 2 aliphatic rings. The van der Waals surface area contributed by atoms with Crippen molar-refractivity contribution in [3.63, 3.8) is 0 Å². The first-order valence-corrected chi connectivity index (χ1v) is 8.93. The van der Waals surface area contributed by atoms with Gasteiger partial charge >= 0.3 is 0 Å². The molecule has 0 bridgehead atoms. The lowest BCUT2D eigenvalue weighted by atomic mass is 10.0. The number of nitrogens with zero attached hydrogens (tertiary/aromatic N) is 5. The number of hydrogen-bond donors (Lipinski definition) is 0. The molecule has 0 N–H and O–H groups in total. The van der Waals surface area contributed by atoms with E-state index in [4.69, 9.17) is 0 Å². The van der Waals surface area contributed by atoms with E-state index in [1.807, 2.05) is 11.0 Å². The Morgan fingerprint density at radius 2 is 1.88 bits per heavy atom. The van der Waals surface area contributed by atoms with Gasteiger partial charge < -0.3 is 9.80 Å². The van der Waals surface area contributed by atoms with Crippen LogP contribution in [0.2, 0.25) is 0 Å². The first kappa shape index (κ1) is 16.0. The molecule has 6 heteroatoms. The second-order valence-electron chi connectivity index (χ2n) is 6.60. The molecule has 0 aliphatic carbocycles. The summed E-state index contributed by atoms with van der Waals surface area (Å²) in [5, 5.41) is 0. The number of benzene rings is 1. The van der Waals surface area contributed by atoms with Crippen LogP contribution in [0.15, 0.2) is 42.9 Å². The van der Waals surface area contributed by atoms with Gasteiger partial charge in [-0.1, -0.05) is 18.2 Å². The summed E-state index contributed by atoms with van der Waals surface area (Å²) in [6.45, 7) is 4.82. The zero-order valence-electron chi connectivity index (χ0n) is 14.3. The summed E-state index contributed by atoms with van der Waals surface area (Å²) < 4.78 is 0.